The molecule has 216 valence electrons. The summed E-state index contributed by atoms with van der Waals surface area (Å²) in [6.45, 7) is 11.8. The smallest absolute Gasteiger partial charge is 0.270 e. The Morgan fingerprint density at radius 3 is 1.96 bits per heavy atom. The van der Waals surface area contributed by atoms with Gasteiger partial charge in [0.25, 0.3) is 5.70 Å². The lowest BCUT2D eigenvalue weighted by atomic mass is 10.0. The number of allylic oxidation sites excluding steroid dienone is 3. The predicted molar refractivity (Wildman–Crippen MR) is 189 cm³/mol. The molecule has 0 saturated carbocycles. The zero-order valence-corrected chi connectivity index (χ0v) is 27.1. The number of Topliss-reactive ketones (excluding diaryl/α,β-unsaturated/α-hetero) is 1. The van der Waals surface area contributed by atoms with Crippen molar-refractivity contribution in [2.24, 2.45) is 0 Å². The maximum absolute atomic E-state index is 13.5. The van der Waals surface area contributed by atoms with E-state index in [0.29, 0.717) is 22.3 Å². The number of benzene rings is 4. The number of aryl methyl sites for hydroxylation is 2. The highest BCUT2D eigenvalue weighted by Crippen LogP contribution is 2.46. The topological polar surface area (TPSA) is 48.5 Å². The third-order valence-electron chi connectivity index (χ3n) is 7.80. The van der Waals surface area contributed by atoms with Gasteiger partial charge in [0.05, 0.1) is 22.7 Å². The Kier molecular flexibility index (Phi) is 7.32. The highest BCUT2D eigenvalue weighted by atomic mass is 35.5. The van der Waals surface area contributed by atoms with Gasteiger partial charge in [0.2, 0.25) is 0 Å². The summed E-state index contributed by atoms with van der Waals surface area (Å²) in [5, 5.41) is 13.5. The molecule has 1 aliphatic carbocycles. The third kappa shape index (κ3) is 5.13. The summed E-state index contributed by atoms with van der Waals surface area (Å²) in [7, 11) is 0. The summed E-state index contributed by atoms with van der Waals surface area (Å²) in [6.07, 6.45) is 1.77. The molecule has 0 bridgehead atoms. The van der Waals surface area contributed by atoms with Crippen molar-refractivity contribution in [2.45, 2.75) is 13.8 Å². The Balaban J connectivity index is 1.32. The van der Waals surface area contributed by atoms with Crippen molar-refractivity contribution in [1.29, 1.82) is 5.26 Å². The van der Waals surface area contributed by atoms with E-state index < -0.39 is 0 Å². The molecule has 0 N–H and O–H groups in total. The van der Waals surface area contributed by atoms with Gasteiger partial charge in [-0.15, -0.1) is 22.7 Å². The van der Waals surface area contributed by atoms with Gasteiger partial charge in [0, 0.05) is 42.4 Å². The van der Waals surface area contributed by atoms with E-state index in [4.69, 9.17) is 29.8 Å². The minimum atomic E-state index is -0.287. The van der Waals surface area contributed by atoms with Gasteiger partial charge >= 0.3 is 0 Å². The van der Waals surface area contributed by atoms with Gasteiger partial charge in [0.1, 0.15) is 5.00 Å². The average molecular weight is 659 g/mol. The SMILES string of the molecule is [C-]#[N+]/C(C#N)=C1\C(=C\c2cc3cc4sc(N(c5ccc(C)cc5)c5ccc(C)cc5)cc4cc3s2)C(=O)c2cc(Cl)c(Cl)cc21. The molecular formula is C37H21Cl2N3OS2. The van der Waals surface area contributed by atoms with Crippen LogP contribution in [0.3, 0.4) is 0 Å². The van der Waals surface area contributed by atoms with Crippen molar-refractivity contribution < 1.29 is 4.79 Å². The molecule has 0 atom stereocenters. The van der Waals surface area contributed by atoms with Crippen LogP contribution in [-0.4, -0.2) is 5.78 Å². The van der Waals surface area contributed by atoms with Gasteiger partial charge in [-0.2, -0.15) is 0 Å². The molecule has 0 radical (unpaired) electrons. The lowest BCUT2D eigenvalue weighted by Gasteiger charge is -2.23. The molecule has 4 nitrogen and oxygen atoms in total. The molecule has 2 aromatic heterocycles. The number of nitrogens with zero attached hydrogens (tertiary/aromatic N) is 3. The largest absolute Gasteiger partial charge is 0.302 e. The third-order valence-corrected chi connectivity index (χ3v) is 10.6. The highest BCUT2D eigenvalue weighted by molar-refractivity contribution is 7.23. The first-order valence-corrected chi connectivity index (χ1v) is 16.3. The van der Waals surface area contributed by atoms with E-state index in [1.807, 2.05) is 12.1 Å². The molecule has 0 saturated heterocycles. The van der Waals surface area contributed by atoms with Crippen molar-refractivity contribution in [1.82, 2.24) is 0 Å². The maximum Gasteiger partial charge on any atom is 0.270 e. The second kappa shape index (κ2) is 11.3. The fourth-order valence-electron chi connectivity index (χ4n) is 5.57. The van der Waals surface area contributed by atoms with Crippen molar-refractivity contribution in [3.8, 4) is 6.07 Å². The van der Waals surface area contributed by atoms with Crippen LogP contribution in [0, 0.1) is 31.8 Å². The molecule has 6 aromatic rings. The van der Waals surface area contributed by atoms with E-state index in [-0.39, 0.29) is 21.5 Å². The summed E-state index contributed by atoms with van der Waals surface area (Å²) in [4.78, 5) is 20.1. The summed E-state index contributed by atoms with van der Waals surface area (Å²) in [5.74, 6) is -0.287. The number of ketones is 1. The van der Waals surface area contributed by atoms with E-state index in [9.17, 15) is 10.1 Å². The van der Waals surface area contributed by atoms with E-state index in [1.165, 1.54) is 17.2 Å². The molecule has 7 rings (SSSR count). The number of halogens is 2. The quantitative estimate of drug-likeness (QED) is 0.108. The zero-order chi connectivity index (χ0) is 31.4. The number of anilines is 3. The van der Waals surface area contributed by atoms with Crippen LogP contribution < -0.4 is 4.90 Å². The Hall–Kier alpha value is -4.69. The van der Waals surface area contributed by atoms with Crippen LogP contribution in [0.4, 0.5) is 16.4 Å². The Labute approximate surface area is 278 Å². The number of hydrogen-bond donors (Lipinski definition) is 0. The first-order valence-electron chi connectivity index (χ1n) is 13.9. The van der Waals surface area contributed by atoms with Crippen molar-refractivity contribution in [3.05, 3.63) is 145 Å². The summed E-state index contributed by atoms with van der Waals surface area (Å²) < 4.78 is 2.22. The van der Waals surface area contributed by atoms with Gasteiger partial charge in [-0.05, 0) is 96.9 Å². The molecule has 1 aliphatic rings. The predicted octanol–water partition coefficient (Wildman–Crippen LogP) is 11.9. The molecule has 0 spiro atoms. The number of carbonyl (C=O) groups excluding carboxylic acids is 1. The molecule has 4 aromatic carbocycles. The van der Waals surface area contributed by atoms with Crippen molar-refractivity contribution >= 4 is 99.9 Å². The van der Waals surface area contributed by atoms with Crippen molar-refractivity contribution in [2.75, 3.05) is 4.90 Å². The fraction of sp³-hybridized carbons (Fsp3) is 0.0541. The molecule has 45 heavy (non-hydrogen) atoms. The molecular weight excluding hydrogens is 637 g/mol. The Morgan fingerprint density at radius 1 is 0.822 bits per heavy atom. The van der Waals surface area contributed by atoms with E-state index >= 15 is 0 Å². The monoisotopic (exact) mass is 657 g/mol. The zero-order valence-electron chi connectivity index (χ0n) is 24.0. The minimum Gasteiger partial charge on any atom is -0.302 e. The summed E-state index contributed by atoms with van der Waals surface area (Å²) in [5.41, 5.74) is 5.82. The average Bonchev–Trinajstić information content (AvgIpc) is 3.69. The van der Waals surface area contributed by atoms with Crippen molar-refractivity contribution in [3.63, 3.8) is 0 Å². The molecule has 0 unspecified atom stereocenters. The number of hydrogen-bond acceptors (Lipinski definition) is 5. The minimum absolute atomic E-state index is 0.160. The molecule has 8 heteroatoms. The van der Waals surface area contributed by atoms with Crippen LogP contribution in [0.15, 0.2) is 96.2 Å². The highest BCUT2D eigenvalue weighted by Gasteiger charge is 2.33. The maximum atomic E-state index is 13.5. The molecule has 0 fully saturated rings. The fourth-order valence-corrected chi connectivity index (χ4v) is 8.07. The van der Waals surface area contributed by atoms with Crippen LogP contribution >= 0.6 is 45.9 Å². The number of carbonyl (C=O) groups is 1. The Bertz CT molecular complexity index is 2240. The van der Waals surface area contributed by atoms with Gasteiger partial charge in [-0.25, -0.2) is 10.1 Å². The van der Waals surface area contributed by atoms with E-state index in [1.54, 1.807) is 34.8 Å². The van der Waals surface area contributed by atoms with E-state index in [2.05, 4.69) is 90.3 Å². The standard InChI is InChI=1S/C37H21Cl2N3OS2/c1-20-4-8-24(9-5-20)42(25-10-6-21(2)7-11-25)35-15-23-14-33-22(13-34(23)45-35)12-26(44-33)16-29-36(32(19-40)41-3)27-17-30(38)31(39)18-28(27)37(29)43/h4-18H,1-2H3/b29-16-,36-32-. The lowest BCUT2D eigenvalue weighted by molar-refractivity contribution is 0.104. The molecule has 0 amide bonds. The second-order valence-corrected chi connectivity index (χ2v) is 13.8. The first kappa shape index (κ1) is 29.0. The van der Waals surface area contributed by atoms with Crippen LogP contribution in [0.5, 0.6) is 0 Å². The van der Waals surface area contributed by atoms with Crippen LogP contribution in [-0.2, 0) is 0 Å². The molecule has 0 aliphatic heterocycles. The number of nitriles is 1. The lowest BCUT2D eigenvalue weighted by Crippen LogP contribution is -2.08. The van der Waals surface area contributed by atoms with Gasteiger partial charge in [-0.1, -0.05) is 58.6 Å². The number of thiophene rings is 2. The molecule has 2 heterocycles. The number of rotatable bonds is 4. The van der Waals surface area contributed by atoms with Gasteiger partial charge in [-0.3, -0.25) is 4.79 Å². The van der Waals surface area contributed by atoms with Crippen LogP contribution in [0.2, 0.25) is 10.0 Å². The van der Waals surface area contributed by atoms with Gasteiger partial charge in [0.15, 0.2) is 5.78 Å². The first-order chi connectivity index (χ1) is 21.7. The van der Waals surface area contributed by atoms with Crippen LogP contribution in [0.1, 0.15) is 31.9 Å². The number of fused-ring (bicyclic) bond motifs is 3. The normalized spacial score (nSPS) is 14.5. The van der Waals surface area contributed by atoms with Gasteiger partial charge < -0.3 is 4.90 Å². The second-order valence-electron chi connectivity index (χ2n) is 10.8. The Morgan fingerprint density at radius 2 is 1.38 bits per heavy atom. The summed E-state index contributed by atoms with van der Waals surface area (Å²) >= 11 is 15.8. The van der Waals surface area contributed by atoms with Crippen LogP contribution in [0.25, 0.3) is 36.7 Å². The summed E-state index contributed by atoms with van der Waals surface area (Å²) in [6, 6.07) is 30.8. The van der Waals surface area contributed by atoms with E-state index in [0.717, 1.165) is 41.4 Å².